The lowest BCUT2D eigenvalue weighted by molar-refractivity contribution is 0.320. The number of hydrogen-bond donors (Lipinski definition) is 1. The van der Waals surface area contributed by atoms with Crippen molar-refractivity contribution in [3.8, 4) is 5.75 Å². The molecule has 0 heterocycles. The Kier molecular flexibility index (Phi) is 5.78. The highest BCUT2D eigenvalue weighted by Crippen LogP contribution is 2.23. The SMILES string of the molecule is CC=CCOc1c(F)cc(CNC(C)C)cc1F. The van der Waals surface area contributed by atoms with Gasteiger partial charge in [-0.15, -0.1) is 0 Å². The van der Waals surface area contributed by atoms with E-state index in [-0.39, 0.29) is 18.4 Å². The van der Waals surface area contributed by atoms with Crippen LogP contribution in [0.3, 0.4) is 0 Å². The second-order valence-electron chi connectivity index (χ2n) is 4.30. The molecule has 0 unspecified atom stereocenters. The number of allylic oxidation sites excluding steroid dienone is 1. The molecule has 0 atom stereocenters. The fourth-order valence-electron chi connectivity index (χ4n) is 1.40. The first-order valence-corrected chi connectivity index (χ1v) is 5.99. The zero-order chi connectivity index (χ0) is 13.5. The third-order valence-electron chi connectivity index (χ3n) is 2.33. The van der Waals surface area contributed by atoms with Crippen molar-refractivity contribution in [3.63, 3.8) is 0 Å². The Hall–Kier alpha value is -1.42. The van der Waals surface area contributed by atoms with E-state index in [1.54, 1.807) is 12.2 Å². The fourth-order valence-corrected chi connectivity index (χ4v) is 1.40. The Bertz CT molecular complexity index is 393. The molecule has 0 bridgehead atoms. The summed E-state index contributed by atoms with van der Waals surface area (Å²) in [5.74, 6) is -1.65. The molecule has 0 fully saturated rings. The average molecular weight is 255 g/mol. The Morgan fingerprint density at radius 2 is 1.89 bits per heavy atom. The second-order valence-corrected chi connectivity index (χ2v) is 4.30. The summed E-state index contributed by atoms with van der Waals surface area (Å²) in [5, 5.41) is 3.10. The van der Waals surface area contributed by atoms with Crippen molar-refractivity contribution in [3.05, 3.63) is 41.5 Å². The van der Waals surface area contributed by atoms with Gasteiger partial charge in [-0.1, -0.05) is 26.0 Å². The van der Waals surface area contributed by atoms with Crippen molar-refractivity contribution >= 4 is 0 Å². The maximum atomic E-state index is 13.6. The molecule has 4 heteroatoms. The van der Waals surface area contributed by atoms with E-state index in [0.717, 1.165) is 0 Å². The van der Waals surface area contributed by atoms with Gasteiger partial charge in [0.25, 0.3) is 0 Å². The van der Waals surface area contributed by atoms with Gasteiger partial charge in [0.2, 0.25) is 0 Å². The zero-order valence-electron chi connectivity index (χ0n) is 11.0. The first-order chi connectivity index (χ1) is 8.54. The summed E-state index contributed by atoms with van der Waals surface area (Å²) in [6, 6.07) is 2.86. The summed E-state index contributed by atoms with van der Waals surface area (Å²) >= 11 is 0. The van der Waals surface area contributed by atoms with Gasteiger partial charge in [-0.05, 0) is 24.6 Å². The molecule has 1 rings (SSSR count). The summed E-state index contributed by atoms with van der Waals surface area (Å²) in [6.45, 7) is 6.36. The molecule has 1 N–H and O–H groups in total. The largest absolute Gasteiger partial charge is 0.483 e. The van der Waals surface area contributed by atoms with Crippen molar-refractivity contribution in [2.24, 2.45) is 0 Å². The number of nitrogens with one attached hydrogen (secondary N) is 1. The van der Waals surface area contributed by atoms with E-state index in [9.17, 15) is 8.78 Å². The van der Waals surface area contributed by atoms with E-state index < -0.39 is 11.6 Å². The third-order valence-corrected chi connectivity index (χ3v) is 2.33. The normalized spacial score (nSPS) is 11.4. The van der Waals surface area contributed by atoms with Gasteiger partial charge in [-0.3, -0.25) is 0 Å². The van der Waals surface area contributed by atoms with Gasteiger partial charge in [0.1, 0.15) is 6.61 Å². The highest BCUT2D eigenvalue weighted by Gasteiger charge is 2.12. The van der Waals surface area contributed by atoms with Crippen LogP contribution in [-0.4, -0.2) is 12.6 Å². The van der Waals surface area contributed by atoms with E-state index in [1.165, 1.54) is 12.1 Å². The van der Waals surface area contributed by atoms with Crippen LogP contribution in [0.1, 0.15) is 26.3 Å². The highest BCUT2D eigenvalue weighted by atomic mass is 19.1. The highest BCUT2D eigenvalue weighted by molar-refractivity contribution is 5.31. The van der Waals surface area contributed by atoms with Crippen LogP contribution in [0.4, 0.5) is 8.78 Å². The summed E-state index contributed by atoms with van der Waals surface area (Å²) in [4.78, 5) is 0. The molecule has 0 aliphatic heterocycles. The molecule has 100 valence electrons. The number of rotatable bonds is 6. The fraction of sp³-hybridized carbons (Fsp3) is 0.429. The maximum absolute atomic E-state index is 13.6. The average Bonchev–Trinajstić information content (AvgIpc) is 2.30. The van der Waals surface area contributed by atoms with E-state index in [0.29, 0.717) is 12.1 Å². The van der Waals surface area contributed by atoms with E-state index in [2.05, 4.69) is 5.32 Å². The Morgan fingerprint density at radius 1 is 1.28 bits per heavy atom. The van der Waals surface area contributed by atoms with Gasteiger partial charge in [0.05, 0.1) is 0 Å². The van der Waals surface area contributed by atoms with Crippen molar-refractivity contribution < 1.29 is 13.5 Å². The molecule has 2 nitrogen and oxygen atoms in total. The lowest BCUT2D eigenvalue weighted by Crippen LogP contribution is -2.22. The lowest BCUT2D eigenvalue weighted by Gasteiger charge is -2.11. The molecule has 0 radical (unpaired) electrons. The molecule has 18 heavy (non-hydrogen) atoms. The molecule has 0 saturated carbocycles. The molecule has 0 saturated heterocycles. The minimum absolute atomic E-state index is 0.161. The van der Waals surface area contributed by atoms with Crippen LogP contribution < -0.4 is 10.1 Å². The van der Waals surface area contributed by atoms with E-state index >= 15 is 0 Å². The number of hydrogen-bond acceptors (Lipinski definition) is 2. The van der Waals surface area contributed by atoms with Crippen LogP contribution in [-0.2, 0) is 6.54 Å². The minimum atomic E-state index is -0.667. The number of ether oxygens (including phenoxy) is 1. The molecule has 0 aliphatic carbocycles. The topological polar surface area (TPSA) is 21.3 Å². The van der Waals surface area contributed by atoms with Crippen molar-refractivity contribution in [2.45, 2.75) is 33.4 Å². The van der Waals surface area contributed by atoms with Gasteiger partial charge in [0.15, 0.2) is 17.4 Å². The van der Waals surface area contributed by atoms with Crippen molar-refractivity contribution in [2.75, 3.05) is 6.61 Å². The molecule has 0 aromatic heterocycles. The minimum Gasteiger partial charge on any atom is -0.483 e. The number of benzene rings is 1. The van der Waals surface area contributed by atoms with Crippen LogP contribution in [0.5, 0.6) is 5.75 Å². The third kappa shape index (κ3) is 4.45. The Labute approximate surface area is 107 Å². The zero-order valence-corrected chi connectivity index (χ0v) is 11.0. The predicted molar refractivity (Wildman–Crippen MR) is 68.6 cm³/mol. The standard InChI is InChI=1S/C14H19F2NO/c1-4-5-6-18-14-12(15)7-11(8-13(14)16)9-17-10(2)3/h4-5,7-8,10,17H,6,9H2,1-3H3. The monoisotopic (exact) mass is 255 g/mol. The first-order valence-electron chi connectivity index (χ1n) is 5.99. The molecule has 0 aliphatic rings. The molecular weight excluding hydrogens is 236 g/mol. The van der Waals surface area contributed by atoms with Crippen LogP contribution >= 0.6 is 0 Å². The summed E-state index contributed by atoms with van der Waals surface area (Å²) in [7, 11) is 0. The second kappa shape index (κ2) is 7.11. The van der Waals surface area contributed by atoms with Crippen LogP contribution in [0.15, 0.2) is 24.3 Å². The van der Waals surface area contributed by atoms with Gasteiger partial charge >= 0.3 is 0 Å². The molecule has 1 aromatic carbocycles. The van der Waals surface area contributed by atoms with Gasteiger partial charge < -0.3 is 10.1 Å². The quantitative estimate of drug-likeness (QED) is 0.786. The van der Waals surface area contributed by atoms with Crippen LogP contribution in [0, 0.1) is 11.6 Å². The smallest absolute Gasteiger partial charge is 0.191 e. The number of halogens is 2. The van der Waals surface area contributed by atoms with E-state index in [1.807, 2.05) is 20.8 Å². The molecule has 0 amide bonds. The summed E-state index contributed by atoms with van der Waals surface area (Å²) < 4.78 is 32.3. The predicted octanol–water partition coefficient (Wildman–Crippen LogP) is 3.42. The van der Waals surface area contributed by atoms with Crippen LogP contribution in [0.2, 0.25) is 0 Å². The lowest BCUT2D eigenvalue weighted by atomic mass is 10.2. The molecular formula is C14H19F2NO. The molecule has 0 spiro atoms. The summed E-state index contributed by atoms with van der Waals surface area (Å²) in [6.07, 6.45) is 3.45. The van der Waals surface area contributed by atoms with Crippen LogP contribution in [0.25, 0.3) is 0 Å². The van der Waals surface area contributed by atoms with Crippen molar-refractivity contribution in [1.82, 2.24) is 5.32 Å². The Morgan fingerprint density at radius 3 is 2.39 bits per heavy atom. The van der Waals surface area contributed by atoms with Gasteiger partial charge in [-0.25, -0.2) is 8.78 Å². The van der Waals surface area contributed by atoms with Gasteiger partial charge in [-0.2, -0.15) is 0 Å². The molecule has 1 aromatic rings. The van der Waals surface area contributed by atoms with E-state index in [4.69, 9.17) is 4.74 Å². The first kappa shape index (κ1) is 14.6. The van der Waals surface area contributed by atoms with Crippen molar-refractivity contribution in [1.29, 1.82) is 0 Å². The maximum Gasteiger partial charge on any atom is 0.191 e. The summed E-state index contributed by atoms with van der Waals surface area (Å²) in [5.41, 5.74) is 0.567. The Balaban J connectivity index is 2.77. The van der Waals surface area contributed by atoms with Gasteiger partial charge in [0, 0.05) is 12.6 Å².